The van der Waals surface area contributed by atoms with Crippen molar-refractivity contribution in [1.29, 1.82) is 0 Å². The van der Waals surface area contributed by atoms with Gasteiger partial charge in [-0.3, -0.25) is 4.79 Å². The molecule has 1 aromatic carbocycles. The molecule has 3 rings (SSSR count). The van der Waals surface area contributed by atoms with Crippen molar-refractivity contribution in [3.05, 3.63) is 42.0 Å². The van der Waals surface area contributed by atoms with Gasteiger partial charge in [-0.2, -0.15) is 0 Å². The van der Waals surface area contributed by atoms with E-state index in [2.05, 4.69) is 27.1 Å². The number of anilines is 2. The Bertz CT molecular complexity index is 786. The Morgan fingerprint density at radius 2 is 2.19 bits per heavy atom. The number of carbonyl (C=O) groups excluding carboxylic acids is 1. The van der Waals surface area contributed by atoms with Crippen molar-refractivity contribution < 1.29 is 9.18 Å². The van der Waals surface area contributed by atoms with Crippen molar-refractivity contribution in [2.24, 2.45) is 0 Å². The molecule has 1 amide bonds. The zero-order chi connectivity index (χ0) is 18.5. The van der Waals surface area contributed by atoms with Crippen LogP contribution >= 0.6 is 11.8 Å². The summed E-state index contributed by atoms with van der Waals surface area (Å²) in [5.74, 6) is 0.384. The van der Waals surface area contributed by atoms with E-state index in [1.54, 1.807) is 19.1 Å². The maximum atomic E-state index is 13.8. The minimum absolute atomic E-state index is 0.166. The number of hydrogen-bond acceptors (Lipinski definition) is 5. The molecule has 5 nitrogen and oxygen atoms in total. The number of nitrogens with zero attached hydrogens (tertiary/aromatic N) is 3. The minimum Gasteiger partial charge on any atom is -0.354 e. The Hall–Kier alpha value is -2.15. The number of halogens is 1. The van der Waals surface area contributed by atoms with E-state index < -0.39 is 5.82 Å². The molecule has 1 atom stereocenters. The highest BCUT2D eigenvalue weighted by molar-refractivity contribution is 7.99. The van der Waals surface area contributed by atoms with Crippen LogP contribution in [0.3, 0.4) is 0 Å². The van der Waals surface area contributed by atoms with Crippen molar-refractivity contribution in [1.82, 2.24) is 9.97 Å². The number of thioether (sulfide) groups is 1. The first-order valence-electron chi connectivity index (χ1n) is 8.80. The predicted octanol–water partition coefficient (Wildman–Crippen LogP) is 4.03. The lowest BCUT2D eigenvalue weighted by Gasteiger charge is -2.34. The fourth-order valence-electron chi connectivity index (χ4n) is 3.05. The molecule has 1 fully saturated rings. The first kappa shape index (κ1) is 18.6. The molecule has 0 saturated carbocycles. The summed E-state index contributed by atoms with van der Waals surface area (Å²) in [6, 6.07) is 7.13. The first-order chi connectivity index (χ1) is 12.5. The maximum Gasteiger partial charge on any atom is 0.234 e. The van der Waals surface area contributed by atoms with Crippen LogP contribution in [0.15, 0.2) is 35.6 Å². The van der Waals surface area contributed by atoms with Crippen LogP contribution in [0.1, 0.15) is 31.7 Å². The summed E-state index contributed by atoms with van der Waals surface area (Å²) in [6.45, 7) is 5.01. The largest absolute Gasteiger partial charge is 0.354 e. The van der Waals surface area contributed by atoms with Crippen molar-refractivity contribution in [3.63, 3.8) is 0 Å². The smallest absolute Gasteiger partial charge is 0.234 e. The molecule has 0 bridgehead atoms. The lowest BCUT2D eigenvalue weighted by Crippen LogP contribution is -2.38. The monoisotopic (exact) mass is 374 g/mol. The van der Waals surface area contributed by atoms with Gasteiger partial charge in [0.1, 0.15) is 23.0 Å². The lowest BCUT2D eigenvalue weighted by atomic mass is 10.0. The van der Waals surface area contributed by atoms with Gasteiger partial charge in [-0.25, -0.2) is 14.4 Å². The SMILES string of the molecule is Cc1ccc(NC(=O)CSc2cc(N3CCCC[C@@H]3C)ncn2)c(F)c1. The number of piperidine rings is 1. The van der Waals surface area contributed by atoms with Crippen LogP contribution in [0, 0.1) is 12.7 Å². The standard InChI is InChI=1S/C19H23FN4OS/c1-13-6-7-16(15(20)9-13)23-18(25)11-26-19-10-17(21-12-22-19)24-8-4-3-5-14(24)2/h6-7,9-10,12,14H,3-5,8,11H2,1-2H3,(H,23,25)/t14-/m0/s1. The van der Waals surface area contributed by atoms with Gasteiger partial charge in [-0.15, -0.1) is 0 Å². The second-order valence-corrected chi connectivity index (χ2v) is 7.57. The Labute approximate surface area is 157 Å². The summed E-state index contributed by atoms with van der Waals surface area (Å²) in [5.41, 5.74) is 1.02. The van der Waals surface area contributed by atoms with Crippen molar-refractivity contribution >= 4 is 29.2 Å². The summed E-state index contributed by atoms with van der Waals surface area (Å²) < 4.78 is 13.8. The molecule has 2 heterocycles. The normalized spacial score (nSPS) is 17.2. The van der Waals surface area contributed by atoms with E-state index in [-0.39, 0.29) is 17.3 Å². The summed E-state index contributed by atoms with van der Waals surface area (Å²) in [7, 11) is 0. The average Bonchev–Trinajstić information content (AvgIpc) is 2.63. The molecule has 7 heteroatoms. The Kier molecular flexibility index (Phi) is 6.08. The van der Waals surface area contributed by atoms with Gasteiger partial charge in [0.05, 0.1) is 11.4 Å². The molecule has 0 spiro atoms. The Morgan fingerprint density at radius 1 is 1.35 bits per heavy atom. The molecule has 0 aliphatic carbocycles. The molecule has 138 valence electrons. The van der Waals surface area contributed by atoms with Crippen molar-refractivity contribution in [3.8, 4) is 0 Å². The van der Waals surface area contributed by atoms with Crippen LogP contribution in [0.2, 0.25) is 0 Å². The molecule has 2 aromatic rings. The van der Waals surface area contributed by atoms with E-state index in [9.17, 15) is 9.18 Å². The highest BCUT2D eigenvalue weighted by atomic mass is 32.2. The van der Waals surface area contributed by atoms with E-state index in [1.807, 2.05) is 6.07 Å². The van der Waals surface area contributed by atoms with Crippen molar-refractivity contribution in [2.75, 3.05) is 22.5 Å². The number of carbonyl (C=O) groups is 1. The number of nitrogens with one attached hydrogen (secondary N) is 1. The molecule has 1 aromatic heterocycles. The summed E-state index contributed by atoms with van der Waals surface area (Å²) in [5, 5.41) is 3.35. The zero-order valence-corrected chi connectivity index (χ0v) is 15.9. The Morgan fingerprint density at radius 3 is 2.96 bits per heavy atom. The zero-order valence-electron chi connectivity index (χ0n) is 15.0. The highest BCUT2D eigenvalue weighted by Crippen LogP contribution is 2.25. The molecule has 26 heavy (non-hydrogen) atoms. The van der Waals surface area contributed by atoms with Crippen LogP contribution in [0.4, 0.5) is 15.9 Å². The molecule has 1 saturated heterocycles. The highest BCUT2D eigenvalue weighted by Gasteiger charge is 2.20. The van der Waals surface area contributed by atoms with E-state index in [4.69, 9.17) is 0 Å². The van der Waals surface area contributed by atoms with Crippen LogP contribution in [-0.2, 0) is 4.79 Å². The molecule has 1 aliphatic rings. The number of amides is 1. The first-order valence-corrected chi connectivity index (χ1v) is 9.79. The summed E-state index contributed by atoms with van der Waals surface area (Å²) in [6.07, 6.45) is 5.12. The van der Waals surface area contributed by atoms with E-state index in [0.29, 0.717) is 6.04 Å². The average molecular weight is 374 g/mol. The van der Waals surface area contributed by atoms with Crippen LogP contribution < -0.4 is 10.2 Å². The quantitative estimate of drug-likeness (QED) is 0.632. The summed E-state index contributed by atoms with van der Waals surface area (Å²) >= 11 is 1.32. The Balaban J connectivity index is 1.59. The van der Waals surface area contributed by atoms with Gasteiger partial charge in [0.15, 0.2) is 0 Å². The molecular weight excluding hydrogens is 351 g/mol. The number of rotatable bonds is 5. The topological polar surface area (TPSA) is 58.1 Å². The number of aryl methyl sites for hydroxylation is 1. The van der Waals surface area contributed by atoms with E-state index >= 15 is 0 Å². The van der Waals surface area contributed by atoms with Gasteiger partial charge in [0.2, 0.25) is 5.91 Å². The molecule has 1 aliphatic heterocycles. The second-order valence-electron chi connectivity index (χ2n) is 6.57. The number of benzene rings is 1. The third-order valence-corrected chi connectivity index (χ3v) is 5.40. The third kappa shape index (κ3) is 4.72. The lowest BCUT2D eigenvalue weighted by molar-refractivity contribution is -0.113. The summed E-state index contributed by atoms with van der Waals surface area (Å²) in [4.78, 5) is 23.0. The second kappa shape index (κ2) is 8.49. The fourth-order valence-corrected chi connectivity index (χ4v) is 3.71. The third-order valence-electron chi connectivity index (χ3n) is 4.47. The van der Waals surface area contributed by atoms with Crippen LogP contribution in [0.5, 0.6) is 0 Å². The number of aromatic nitrogens is 2. The van der Waals surface area contributed by atoms with Gasteiger partial charge in [0, 0.05) is 18.7 Å². The van der Waals surface area contributed by atoms with Crippen LogP contribution in [0.25, 0.3) is 0 Å². The minimum atomic E-state index is -0.424. The van der Waals surface area contributed by atoms with E-state index in [0.717, 1.165) is 29.4 Å². The molecule has 0 unspecified atom stereocenters. The molecule has 0 radical (unpaired) electrons. The van der Waals surface area contributed by atoms with Crippen LogP contribution in [-0.4, -0.2) is 34.2 Å². The molecular formula is C19H23FN4OS. The van der Waals surface area contributed by atoms with Gasteiger partial charge < -0.3 is 10.2 Å². The van der Waals surface area contributed by atoms with Crippen molar-refractivity contribution in [2.45, 2.75) is 44.2 Å². The van der Waals surface area contributed by atoms with E-state index in [1.165, 1.54) is 37.0 Å². The molecule has 1 N–H and O–H groups in total. The van der Waals surface area contributed by atoms with Gasteiger partial charge in [-0.1, -0.05) is 17.8 Å². The van der Waals surface area contributed by atoms with Gasteiger partial charge in [0.25, 0.3) is 0 Å². The maximum absolute atomic E-state index is 13.8. The number of hydrogen-bond donors (Lipinski definition) is 1. The van der Waals surface area contributed by atoms with Gasteiger partial charge in [-0.05, 0) is 50.8 Å². The predicted molar refractivity (Wildman–Crippen MR) is 103 cm³/mol. The fraction of sp³-hybridized carbons (Fsp3) is 0.421. The van der Waals surface area contributed by atoms with Gasteiger partial charge >= 0.3 is 0 Å².